The zero-order valence-corrected chi connectivity index (χ0v) is 8.77. The fraction of sp³-hybridized carbons (Fsp3) is 0.364. The molecule has 0 N–H and O–H groups in total. The fourth-order valence-corrected chi connectivity index (χ4v) is 0.948. The maximum Gasteiger partial charge on any atom is 0.356 e. The van der Waals surface area contributed by atoms with Crippen LogP contribution in [0.3, 0.4) is 0 Å². The lowest BCUT2D eigenvalue weighted by Gasteiger charge is -2.06. The number of hydrogen-bond acceptors (Lipinski definition) is 4. The van der Waals surface area contributed by atoms with Crippen molar-refractivity contribution in [3.8, 4) is 0 Å². The Kier molecular flexibility index (Phi) is 3.97. The van der Waals surface area contributed by atoms with Crippen molar-refractivity contribution in [3.05, 3.63) is 29.6 Å². The first-order valence-corrected chi connectivity index (χ1v) is 4.72. The summed E-state index contributed by atoms with van der Waals surface area (Å²) in [7, 11) is 0. The number of rotatable bonds is 4. The molecule has 4 nitrogen and oxygen atoms in total. The van der Waals surface area contributed by atoms with Crippen molar-refractivity contribution in [2.75, 3.05) is 6.61 Å². The van der Waals surface area contributed by atoms with Crippen molar-refractivity contribution >= 4 is 12.3 Å². The number of nitrogens with zero attached hydrogens (tertiary/aromatic N) is 1. The lowest BCUT2D eigenvalue weighted by molar-refractivity contribution is 0.0452. The van der Waals surface area contributed by atoms with Crippen LogP contribution < -0.4 is 0 Å². The van der Waals surface area contributed by atoms with Crippen molar-refractivity contribution in [3.63, 3.8) is 0 Å². The molecule has 0 aromatic carbocycles. The highest BCUT2D eigenvalue weighted by atomic mass is 16.5. The lowest BCUT2D eigenvalue weighted by atomic mass is 10.2. The molecule has 1 aromatic heterocycles. The Hall–Kier alpha value is -1.71. The van der Waals surface area contributed by atoms with E-state index >= 15 is 0 Å². The van der Waals surface area contributed by atoms with E-state index in [4.69, 9.17) is 4.74 Å². The predicted molar refractivity (Wildman–Crippen MR) is 54.7 cm³/mol. The minimum absolute atomic E-state index is 0.167. The van der Waals surface area contributed by atoms with Gasteiger partial charge in [-0.3, -0.25) is 4.79 Å². The van der Waals surface area contributed by atoms with Crippen molar-refractivity contribution in [1.82, 2.24) is 4.98 Å². The molecule has 1 rings (SSSR count). The van der Waals surface area contributed by atoms with Crippen LogP contribution >= 0.6 is 0 Å². The number of hydrogen-bond donors (Lipinski definition) is 0. The van der Waals surface area contributed by atoms with Crippen LogP contribution in [0.1, 0.15) is 34.7 Å². The molecule has 0 aliphatic heterocycles. The molecule has 0 radical (unpaired) electrons. The Balaban J connectivity index is 2.69. The molecular weight excluding hydrogens is 194 g/mol. The molecule has 0 aliphatic carbocycles. The zero-order chi connectivity index (χ0) is 11.3. The fourth-order valence-electron chi connectivity index (χ4n) is 0.948. The third kappa shape index (κ3) is 3.50. The smallest absolute Gasteiger partial charge is 0.356 e. The SMILES string of the molecule is CC(C)COC(=O)c1cc(C=O)ccn1. The summed E-state index contributed by atoms with van der Waals surface area (Å²) in [5, 5.41) is 0. The summed E-state index contributed by atoms with van der Waals surface area (Å²) < 4.78 is 4.97. The van der Waals surface area contributed by atoms with E-state index in [1.807, 2.05) is 13.8 Å². The third-order valence-electron chi connectivity index (χ3n) is 1.68. The number of esters is 1. The lowest BCUT2D eigenvalue weighted by Crippen LogP contribution is -2.11. The van der Waals surface area contributed by atoms with Crippen LogP contribution in [-0.4, -0.2) is 23.8 Å². The summed E-state index contributed by atoms with van der Waals surface area (Å²) in [6.07, 6.45) is 2.08. The average Bonchev–Trinajstić information content (AvgIpc) is 2.26. The van der Waals surface area contributed by atoms with Crippen LogP contribution in [0.5, 0.6) is 0 Å². The molecule has 0 amide bonds. The highest BCUT2D eigenvalue weighted by molar-refractivity contribution is 5.89. The maximum absolute atomic E-state index is 11.4. The Morgan fingerprint density at radius 3 is 2.93 bits per heavy atom. The summed E-state index contributed by atoms with van der Waals surface area (Å²) in [6.45, 7) is 4.25. The quantitative estimate of drug-likeness (QED) is 0.557. The summed E-state index contributed by atoms with van der Waals surface area (Å²) in [4.78, 5) is 25.7. The highest BCUT2D eigenvalue weighted by Gasteiger charge is 2.09. The largest absolute Gasteiger partial charge is 0.461 e. The molecule has 4 heteroatoms. The Morgan fingerprint density at radius 1 is 1.60 bits per heavy atom. The number of aldehydes is 1. The second-order valence-corrected chi connectivity index (χ2v) is 3.58. The van der Waals surface area contributed by atoms with Crippen LogP contribution in [0.15, 0.2) is 18.3 Å². The van der Waals surface area contributed by atoms with E-state index in [0.29, 0.717) is 18.5 Å². The van der Waals surface area contributed by atoms with Gasteiger partial charge in [-0.2, -0.15) is 0 Å². The predicted octanol–water partition coefficient (Wildman–Crippen LogP) is 1.71. The molecule has 0 fully saturated rings. The van der Waals surface area contributed by atoms with E-state index in [2.05, 4.69) is 4.98 Å². The van der Waals surface area contributed by atoms with Gasteiger partial charge in [0.1, 0.15) is 12.0 Å². The van der Waals surface area contributed by atoms with Crippen LogP contribution in [0, 0.1) is 5.92 Å². The Morgan fingerprint density at radius 2 is 2.33 bits per heavy atom. The maximum atomic E-state index is 11.4. The highest BCUT2D eigenvalue weighted by Crippen LogP contribution is 2.03. The van der Waals surface area contributed by atoms with Gasteiger partial charge >= 0.3 is 5.97 Å². The van der Waals surface area contributed by atoms with Gasteiger partial charge in [0.15, 0.2) is 0 Å². The van der Waals surface area contributed by atoms with E-state index < -0.39 is 5.97 Å². The summed E-state index contributed by atoms with van der Waals surface area (Å²) >= 11 is 0. The first-order valence-electron chi connectivity index (χ1n) is 4.72. The number of aromatic nitrogens is 1. The second kappa shape index (κ2) is 5.24. The van der Waals surface area contributed by atoms with Gasteiger partial charge in [0.2, 0.25) is 0 Å². The zero-order valence-electron chi connectivity index (χ0n) is 8.77. The molecule has 80 valence electrons. The van der Waals surface area contributed by atoms with Crippen LogP contribution in [0.4, 0.5) is 0 Å². The van der Waals surface area contributed by atoms with E-state index in [-0.39, 0.29) is 11.6 Å². The molecule has 0 unspecified atom stereocenters. The molecule has 0 saturated carbocycles. The third-order valence-corrected chi connectivity index (χ3v) is 1.68. The first-order chi connectivity index (χ1) is 7.13. The summed E-state index contributed by atoms with van der Waals surface area (Å²) in [6, 6.07) is 2.95. The van der Waals surface area contributed by atoms with Crippen LogP contribution in [0.25, 0.3) is 0 Å². The molecule has 0 bridgehead atoms. The molecule has 0 saturated heterocycles. The number of carbonyl (C=O) groups is 2. The first kappa shape index (κ1) is 11.4. The number of pyridine rings is 1. The van der Waals surface area contributed by atoms with Crippen molar-refractivity contribution < 1.29 is 14.3 Å². The monoisotopic (exact) mass is 207 g/mol. The number of carbonyl (C=O) groups excluding carboxylic acids is 2. The van der Waals surface area contributed by atoms with Gasteiger partial charge in [-0.25, -0.2) is 9.78 Å². The van der Waals surface area contributed by atoms with Crippen molar-refractivity contribution in [2.45, 2.75) is 13.8 Å². The van der Waals surface area contributed by atoms with Gasteiger partial charge in [0, 0.05) is 11.8 Å². The van der Waals surface area contributed by atoms with Crippen LogP contribution in [0.2, 0.25) is 0 Å². The van der Waals surface area contributed by atoms with Crippen molar-refractivity contribution in [1.29, 1.82) is 0 Å². The molecule has 0 spiro atoms. The van der Waals surface area contributed by atoms with Gasteiger partial charge < -0.3 is 4.74 Å². The minimum atomic E-state index is -0.493. The normalized spacial score (nSPS) is 10.1. The number of ether oxygens (including phenoxy) is 1. The standard InChI is InChI=1S/C11H13NO3/c1-8(2)7-15-11(14)10-5-9(6-13)3-4-12-10/h3-6,8H,7H2,1-2H3. The van der Waals surface area contributed by atoms with Crippen LogP contribution in [-0.2, 0) is 4.74 Å². The minimum Gasteiger partial charge on any atom is -0.461 e. The van der Waals surface area contributed by atoms with E-state index in [0.717, 1.165) is 0 Å². The van der Waals surface area contributed by atoms with Gasteiger partial charge in [0.25, 0.3) is 0 Å². The Labute approximate surface area is 88.3 Å². The van der Waals surface area contributed by atoms with E-state index in [9.17, 15) is 9.59 Å². The average molecular weight is 207 g/mol. The topological polar surface area (TPSA) is 56.3 Å². The van der Waals surface area contributed by atoms with Gasteiger partial charge in [-0.05, 0) is 18.1 Å². The van der Waals surface area contributed by atoms with Gasteiger partial charge in [-0.15, -0.1) is 0 Å². The molecule has 15 heavy (non-hydrogen) atoms. The summed E-state index contributed by atoms with van der Waals surface area (Å²) in [5.41, 5.74) is 0.585. The molecule has 0 aliphatic rings. The van der Waals surface area contributed by atoms with Crippen molar-refractivity contribution in [2.24, 2.45) is 5.92 Å². The second-order valence-electron chi connectivity index (χ2n) is 3.58. The Bertz CT molecular complexity index is 361. The van der Waals surface area contributed by atoms with E-state index in [1.165, 1.54) is 18.3 Å². The molecule has 1 heterocycles. The molecule has 1 aromatic rings. The van der Waals surface area contributed by atoms with E-state index in [1.54, 1.807) is 0 Å². The van der Waals surface area contributed by atoms with Gasteiger partial charge in [-0.1, -0.05) is 13.8 Å². The molecular formula is C11H13NO3. The van der Waals surface area contributed by atoms with Gasteiger partial charge in [0.05, 0.1) is 6.61 Å². The summed E-state index contributed by atoms with van der Waals surface area (Å²) in [5.74, 6) is -0.212. The molecule has 0 atom stereocenters.